The first-order chi connectivity index (χ1) is 13.7. The summed E-state index contributed by atoms with van der Waals surface area (Å²) in [6, 6.07) is 9.83. The van der Waals surface area contributed by atoms with Gasteiger partial charge >= 0.3 is 0 Å². The lowest BCUT2D eigenvalue weighted by Gasteiger charge is -2.37. The number of amides is 2. The van der Waals surface area contributed by atoms with E-state index < -0.39 is 5.41 Å². The average Bonchev–Trinajstić information content (AvgIpc) is 2.73. The summed E-state index contributed by atoms with van der Waals surface area (Å²) in [5, 5.41) is 0. The molecule has 1 atom stereocenters. The summed E-state index contributed by atoms with van der Waals surface area (Å²) < 4.78 is 13.3. The summed E-state index contributed by atoms with van der Waals surface area (Å²) in [6.45, 7) is 5.06. The normalized spacial score (nSPS) is 17.1. The van der Waals surface area contributed by atoms with Crippen LogP contribution in [-0.2, 0) is 10.2 Å². The summed E-state index contributed by atoms with van der Waals surface area (Å²) in [4.78, 5) is 33.2. The van der Waals surface area contributed by atoms with Gasteiger partial charge in [-0.05, 0) is 56.5 Å². The van der Waals surface area contributed by atoms with Gasteiger partial charge in [-0.3, -0.25) is 14.6 Å². The van der Waals surface area contributed by atoms with E-state index in [2.05, 4.69) is 4.98 Å². The maximum atomic E-state index is 13.3. The van der Waals surface area contributed by atoms with Crippen LogP contribution in [0.25, 0.3) is 0 Å². The number of rotatable bonds is 4. The highest BCUT2D eigenvalue weighted by atomic mass is 19.1. The minimum absolute atomic E-state index is 0.0354. The fraction of sp³-hybridized carbons (Fsp3) is 0.435. The standard InChI is InChI=1S/C23H28FN3O2/c1-23(2,18-8-10-19(24)11-9-18)22(29)27-13-5-6-17(15-27)20-12-7-16(14-25-20)21(28)26(3)4/h7-12,14,17H,5-6,13,15H2,1-4H3. The number of pyridine rings is 1. The Morgan fingerprint density at radius 2 is 1.83 bits per heavy atom. The van der Waals surface area contributed by atoms with Gasteiger partial charge in [0, 0.05) is 45.0 Å². The first kappa shape index (κ1) is 21.0. The third kappa shape index (κ3) is 4.47. The minimum atomic E-state index is -0.731. The van der Waals surface area contributed by atoms with Gasteiger partial charge in [0.15, 0.2) is 0 Å². The second-order valence-electron chi connectivity index (χ2n) is 8.39. The van der Waals surface area contributed by atoms with Crippen molar-refractivity contribution in [2.75, 3.05) is 27.2 Å². The summed E-state index contributed by atoms with van der Waals surface area (Å²) in [5.74, 6) is -0.212. The van der Waals surface area contributed by atoms with Crippen LogP contribution in [0.15, 0.2) is 42.6 Å². The summed E-state index contributed by atoms with van der Waals surface area (Å²) in [5.41, 5.74) is 1.53. The number of hydrogen-bond acceptors (Lipinski definition) is 3. The molecule has 2 aromatic rings. The van der Waals surface area contributed by atoms with E-state index in [-0.39, 0.29) is 23.5 Å². The molecule has 6 heteroatoms. The largest absolute Gasteiger partial charge is 0.345 e. The molecule has 1 aromatic carbocycles. The van der Waals surface area contributed by atoms with Crippen molar-refractivity contribution in [3.05, 3.63) is 65.2 Å². The number of nitrogens with zero attached hydrogens (tertiary/aromatic N) is 3. The number of benzene rings is 1. The molecule has 1 fully saturated rings. The average molecular weight is 397 g/mol. The molecule has 154 valence electrons. The summed E-state index contributed by atoms with van der Waals surface area (Å²) in [6.07, 6.45) is 3.46. The van der Waals surface area contributed by atoms with Gasteiger partial charge < -0.3 is 9.80 Å². The van der Waals surface area contributed by atoms with E-state index in [1.165, 1.54) is 17.0 Å². The Kier molecular flexibility index (Phi) is 6.01. The zero-order valence-electron chi connectivity index (χ0n) is 17.5. The zero-order chi connectivity index (χ0) is 21.2. The molecule has 1 aliphatic rings. The number of likely N-dealkylation sites (tertiary alicyclic amines) is 1. The lowest BCUT2D eigenvalue weighted by Crippen LogP contribution is -2.47. The van der Waals surface area contributed by atoms with Crippen LogP contribution >= 0.6 is 0 Å². The molecule has 3 rings (SSSR count). The number of halogens is 1. The molecular weight excluding hydrogens is 369 g/mol. The molecule has 0 bridgehead atoms. The summed E-state index contributed by atoms with van der Waals surface area (Å²) in [7, 11) is 3.42. The summed E-state index contributed by atoms with van der Waals surface area (Å²) >= 11 is 0. The molecule has 0 aliphatic carbocycles. The predicted octanol–water partition coefficient (Wildman–Crippen LogP) is 3.61. The fourth-order valence-electron chi connectivity index (χ4n) is 3.82. The Bertz CT molecular complexity index is 876. The smallest absolute Gasteiger partial charge is 0.254 e. The second-order valence-corrected chi connectivity index (χ2v) is 8.39. The maximum absolute atomic E-state index is 13.3. The second kappa shape index (κ2) is 8.31. The molecule has 1 saturated heterocycles. The Morgan fingerprint density at radius 1 is 1.14 bits per heavy atom. The third-order valence-corrected chi connectivity index (χ3v) is 5.67. The van der Waals surface area contributed by atoms with Gasteiger partial charge in [-0.15, -0.1) is 0 Å². The molecule has 0 radical (unpaired) electrons. The molecule has 2 amide bonds. The van der Waals surface area contributed by atoms with Gasteiger partial charge in [0.1, 0.15) is 5.82 Å². The van der Waals surface area contributed by atoms with Crippen LogP contribution in [0, 0.1) is 5.82 Å². The Hall–Kier alpha value is -2.76. The van der Waals surface area contributed by atoms with Crippen molar-refractivity contribution in [3.8, 4) is 0 Å². The van der Waals surface area contributed by atoms with E-state index in [4.69, 9.17) is 0 Å². The Balaban J connectivity index is 1.74. The highest BCUT2D eigenvalue weighted by Crippen LogP contribution is 2.31. The Morgan fingerprint density at radius 3 is 2.41 bits per heavy atom. The van der Waals surface area contributed by atoms with Gasteiger partial charge in [-0.2, -0.15) is 0 Å². The number of carbonyl (C=O) groups excluding carboxylic acids is 2. The van der Waals surface area contributed by atoms with Gasteiger partial charge in [-0.25, -0.2) is 4.39 Å². The predicted molar refractivity (Wildman–Crippen MR) is 110 cm³/mol. The number of carbonyl (C=O) groups is 2. The monoisotopic (exact) mass is 397 g/mol. The lowest BCUT2D eigenvalue weighted by molar-refractivity contribution is -0.137. The Labute approximate surface area is 171 Å². The van der Waals surface area contributed by atoms with Crippen LogP contribution in [0.1, 0.15) is 54.2 Å². The van der Waals surface area contributed by atoms with Crippen molar-refractivity contribution >= 4 is 11.8 Å². The van der Waals surface area contributed by atoms with Gasteiger partial charge in [0.25, 0.3) is 5.91 Å². The van der Waals surface area contributed by atoms with E-state index in [9.17, 15) is 14.0 Å². The molecule has 0 saturated carbocycles. The quantitative estimate of drug-likeness (QED) is 0.792. The van der Waals surface area contributed by atoms with Crippen LogP contribution in [0.4, 0.5) is 4.39 Å². The molecule has 1 aromatic heterocycles. The highest BCUT2D eigenvalue weighted by Gasteiger charge is 2.36. The third-order valence-electron chi connectivity index (χ3n) is 5.67. The molecule has 0 spiro atoms. The van der Waals surface area contributed by atoms with Crippen molar-refractivity contribution < 1.29 is 14.0 Å². The highest BCUT2D eigenvalue weighted by molar-refractivity contribution is 5.93. The first-order valence-corrected chi connectivity index (χ1v) is 9.93. The van der Waals surface area contributed by atoms with Crippen LogP contribution in [-0.4, -0.2) is 53.8 Å². The van der Waals surface area contributed by atoms with Crippen LogP contribution < -0.4 is 0 Å². The zero-order valence-corrected chi connectivity index (χ0v) is 17.5. The maximum Gasteiger partial charge on any atom is 0.254 e. The van der Waals surface area contributed by atoms with Crippen molar-refractivity contribution in [1.82, 2.24) is 14.8 Å². The molecule has 1 unspecified atom stereocenters. The SMILES string of the molecule is CN(C)C(=O)c1ccc(C2CCCN(C(=O)C(C)(C)c3ccc(F)cc3)C2)nc1. The molecular formula is C23H28FN3O2. The first-order valence-electron chi connectivity index (χ1n) is 9.93. The number of piperidine rings is 1. The fourth-order valence-corrected chi connectivity index (χ4v) is 3.82. The van der Waals surface area contributed by atoms with Crippen molar-refractivity contribution in [2.45, 2.75) is 38.0 Å². The van der Waals surface area contributed by atoms with Crippen LogP contribution in [0.3, 0.4) is 0 Å². The lowest BCUT2D eigenvalue weighted by atomic mass is 9.82. The van der Waals surface area contributed by atoms with Crippen molar-refractivity contribution in [2.24, 2.45) is 0 Å². The molecule has 29 heavy (non-hydrogen) atoms. The van der Waals surface area contributed by atoms with Gasteiger partial charge in [-0.1, -0.05) is 12.1 Å². The minimum Gasteiger partial charge on any atom is -0.345 e. The van der Waals surface area contributed by atoms with Crippen LogP contribution in [0.5, 0.6) is 0 Å². The van der Waals surface area contributed by atoms with E-state index in [1.54, 1.807) is 38.5 Å². The molecule has 2 heterocycles. The molecule has 0 N–H and O–H groups in total. The van der Waals surface area contributed by atoms with Crippen LogP contribution in [0.2, 0.25) is 0 Å². The van der Waals surface area contributed by atoms with E-state index in [0.717, 1.165) is 24.1 Å². The number of aromatic nitrogens is 1. The molecule has 1 aliphatic heterocycles. The molecule has 5 nitrogen and oxygen atoms in total. The van der Waals surface area contributed by atoms with E-state index in [0.29, 0.717) is 18.7 Å². The van der Waals surface area contributed by atoms with Gasteiger partial charge in [0.05, 0.1) is 11.0 Å². The van der Waals surface area contributed by atoms with Gasteiger partial charge in [0.2, 0.25) is 5.91 Å². The van der Waals surface area contributed by atoms with E-state index in [1.807, 2.05) is 24.8 Å². The van der Waals surface area contributed by atoms with Crippen molar-refractivity contribution in [1.29, 1.82) is 0 Å². The number of hydrogen-bond donors (Lipinski definition) is 0. The van der Waals surface area contributed by atoms with E-state index >= 15 is 0 Å². The topological polar surface area (TPSA) is 53.5 Å². The van der Waals surface area contributed by atoms with Crippen molar-refractivity contribution in [3.63, 3.8) is 0 Å².